The van der Waals surface area contributed by atoms with Crippen molar-refractivity contribution in [3.63, 3.8) is 0 Å². The first kappa shape index (κ1) is 49.8. The maximum Gasteiger partial charge on any atom is 0.311 e. The predicted octanol–water partition coefficient (Wildman–Crippen LogP) is 1.45. The number of hydrogen-bond donors (Lipinski definition) is 7. The minimum absolute atomic E-state index is 0.0613. The van der Waals surface area contributed by atoms with Crippen molar-refractivity contribution >= 4 is 12.4 Å². The van der Waals surface area contributed by atoms with Gasteiger partial charge in [-0.15, -0.1) is 0 Å². The second kappa shape index (κ2) is 20.3. The summed E-state index contributed by atoms with van der Waals surface area (Å²) in [7, 11) is 3.09. The lowest BCUT2D eigenvalue weighted by molar-refractivity contribution is -0.336. The van der Waals surface area contributed by atoms with E-state index in [0.29, 0.717) is 25.9 Å². The molecule has 7 N–H and O–H groups in total. The zero-order valence-corrected chi connectivity index (χ0v) is 36.8. The number of likely N-dealkylation sites (N-methyl/N-ethyl adjacent to an activating group) is 1. The van der Waals surface area contributed by atoms with Gasteiger partial charge in [-0.25, -0.2) is 0 Å². The van der Waals surface area contributed by atoms with Crippen LogP contribution in [0.1, 0.15) is 108 Å². The number of ether oxygens (including phenoxy) is 6. The van der Waals surface area contributed by atoms with E-state index in [0.717, 1.165) is 6.42 Å². The van der Waals surface area contributed by atoms with Crippen LogP contribution >= 0.6 is 0 Å². The molecule has 3 heterocycles. The molecule has 3 rings (SSSR count). The number of esters is 1. The molecule has 16 heteroatoms. The van der Waals surface area contributed by atoms with E-state index < -0.39 is 108 Å². The molecule has 0 bridgehead atoms. The van der Waals surface area contributed by atoms with Crippen molar-refractivity contribution in [2.45, 2.75) is 198 Å². The van der Waals surface area contributed by atoms with Gasteiger partial charge in [0, 0.05) is 39.1 Å². The predicted molar refractivity (Wildman–Crippen MR) is 212 cm³/mol. The third-order valence-electron chi connectivity index (χ3n) is 13.0. The topological polar surface area (TPSA) is 218 Å². The van der Waals surface area contributed by atoms with E-state index in [9.17, 15) is 35.1 Å². The number of nitrogens with zero attached hydrogens (tertiary/aromatic N) is 1. The highest BCUT2D eigenvalue weighted by Gasteiger charge is 2.58. The van der Waals surface area contributed by atoms with Gasteiger partial charge in [0.1, 0.15) is 35.1 Å². The first-order valence-electron chi connectivity index (χ1n) is 21.0. The van der Waals surface area contributed by atoms with Crippen LogP contribution in [-0.4, -0.2) is 166 Å². The molecule has 0 unspecified atom stereocenters. The number of carbonyl (C=O) groups is 2. The molecule has 3 fully saturated rings. The number of rotatable bonds is 12. The van der Waals surface area contributed by atoms with Crippen LogP contribution < -0.4 is 10.6 Å². The van der Waals surface area contributed by atoms with Crippen molar-refractivity contribution < 1.29 is 63.5 Å². The average molecular weight is 820 g/mol. The third kappa shape index (κ3) is 11.2. The smallest absolute Gasteiger partial charge is 0.311 e. The van der Waals surface area contributed by atoms with Gasteiger partial charge in [0.2, 0.25) is 6.41 Å². The number of cyclic esters (lactones) is 1. The fourth-order valence-electron chi connectivity index (χ4n) is 9.18. The van der Waals surface area contributed by atoms with Gasteiger partial charge in [0.05, 0.1) is 42.0 Å². The van der Waals surface area contributed by atoms with Crippen molar-refractivity contribution in [2.24, 2.45) is 17.8 Å². The first-order valence-corrected chi connectivity index (χ1v) is 21.0. The average Bonchev–Trinajstić information content (AvgIpc) is 3.15. The van der Waals surface area contributed by atoms with Crippen LogP contribution in [0.25, 0.3) is 0 Å². The summed E-state index contributed by atoms with van der Waals surface area (Å²) in [6.45, 7) is 20.4. The highest BCUT2D eigenvalue weighted by Crippen LogP contribution is 2.43. The van der Waals surface area contributed by atoms with Gasteiger partial charge < -0.3 is 69.5 Å². The highest BCUT2D eigenvalue weighted by atomic mass is 16.7. The van der Waals surface area contributed by atoms with Gasteiger partial charge in [-0.2, -0.15) is 0 Å². The fourth-order valence-corrected chi connectivity index (χ4v) is 9.18. The quantitative estimate of drug-likeness (QED) is 0.0843. The Morgan fingerprint density at radius 3 is 2.23 bits per heavy atom. The van der Waals surface area contributed by atoms with Gasteiger partial charge in [0.15, 0.2) is 12.6 Å². The van der Waals surface area contributed by atoms with Gasteiger partial charge in [-0.05, 0) is 93.2 Å². The van der Waals surface area contributed by atoms with Crippen molar-refractivity contribution in [3.05, 3.63) is 0 Å². The van der Waals surface area contributed by atoms with Gasteiger partial charge in [-0.3, -0.25) is 9.59 Å². The Morgan fingerprint density at radius 1 is 1.00 bits per heavy atom. The molecule has 1 amide bonds. The SMILES string of the molecule is CCCNC[C@]1(O)[C@H](C)O[C@@H](O[C@H]2[C@H](C)[C@@H](O[C@@H]3O[C@H](C)C[C@H](N(C)C=O)[C@H]3O)[C@](C)(O)C[C@@H](C)CN[C@H](C)[C@@H](O)[C@](C)(O)[C@@H](CC)OC(=O)[C@@H]2C)C[C@@]1(C)OC. The van der Waals surface area contributed by atoms with Crippen molar-refractivity contribution in [3.8, 4) is 0 Å². The third-order valence-corrected chi connectivity index (χ3v) is 13.0. The van der Waals surface area contributed by atoms with Crippen LogP contribution in [0.15, 0.2) is 0 Å². The number of methoxy groups -OCH3 is 1. The normalized spacial score (nSPS) is 47.0. The molecular formula is C41H77N3O13. The summed E-state index contributed by atoms with van der Waals surface area (Å²) in [5, 5.41) is 65.7. The largest absolute Gasteiger partial charge is 0.459 e. The van der Waals surface area contributed by atoms with Crippen molar-refractivity contribution in [1.82, 2.24) is 15.5 Å². The van der Waals surface area contributed by atoms with E-state index in [1.807, 2.05) is 20.8 Å². The Hall–Kier alpha value is -1.54. The van der Waals surface area contributed by atoms with Crippen LogP contribution in [0.2, 0.25) is 0 Å². The summed E-state index contributed by atoms with van der Waals surface area (Å²) in [6, 6.07) is -1.26. The lowest BCUT2D eigenvalue weighted by atomic mass is 9.75. The van der Waals surface area contributed by atoms with E-state index >= 15 is 0 Å². The van der Waals surface area contributed by atoms with E-state index in [4.69, 9.17) is 28.4 Å². The standard InChI is InChI=1S/C41H77N3O13/c1-14-16-42-21-41(51)28(8)54-31(19-39(41,10)52-13)56-33-25(5)35(57-37-32(46)29(44(12)22-45)17-24(4)53-37)38(9,49)18-23(3)20-43-27(7)34(47)40(11,50)30(15-2)55-36(48)26(33)6/h22-35,37,42-43,46-47,49-51H,14-21H2,1-13H3/t23-,24-,25+,26-,27-,28+,29+,30-,31+,32-,33+,34-,35-,37+,38-,39-,40-,41+/m1/s1. The molecule has 16 nitrogen and oxygen atoms in total. The summed E-state index contributed by atoms with van der Waals surface area (Å²) in [6.07, 6.45) is -7.23. The molecular weight excluding hydrogens is 742 g/mol. The summed E-state index contributed by atoms with van der Waals surface area (Å²) < 4.78 is 38.1. The molecule has 0 aromatic heterocycles. The molecule has 0 radical (unpaired) electrons. The molecule has 18 atom stereocenters. The second-order valence-electron chi connectivity index (χ2n) is 18.0. The summed E-state index contributed by atoms with van der Waals surface area (Å²) in [5.41, 5.74) is -6.11. The maximum atomic E-state index is 14.3. The first-order chi connectivity index (χ1) is 26.4. The lowest BCUT2D eigenvalue weighted by Gasteiger charge is -2.53. The van der Waals surface area contributed by atoms with Crippen molar-refractivity contribution in [2.75, 3.05) is 33.8 Å². The second-order valence-corrected chi connectivity index (χ2v) is 18.0. The number of nitrogens with one attached hydrogen (secondary N) is 2. The van der Waals surface area contributed by atoms with E-state index in [-0.39, 0.29) is 31.7 Å². The molecule has 0 spiro atoms. The van der Waals surface area contributed by atoms with Gasteiger partial charge in [0.25, 0.3) is 0 Å². The molecule has 0 saturated carbocycles. The Bertz CT molecular complexity index is 1280. The molecule has 334 valence electrons. The highest BCUT2D eigenvalue weighted by molar-refractivity contribution is 5.73. The van der Waals surface area contributed by atoms with Crippen LogP contribution in [0.5, 0.6) is 0 Å². The molecule has 3 saturated heterocycles. The van der Waals surface area contributed by atoms with Crippen molar-refractivity contribution in [1.29, 1.82) is 0 Å². The van der Waals surface area contributed by atoms with Gasteiger partial charge >= 0.3 is 5.97 Å². The zero-order valence-electron chi connectivity index (χ0n) is 36.8. The Morgan fingerprint density at radius 2 is 1.65 bits per heavy atom. The van der Waals surface area contributed by atoms with Crippen LogP contribution in [-0.2, 0) is 38.0 Å². The van der Waals surface area contributed by atoms with E-state index in [2.05, 4.69) is 10.6 Å². The Balaban J connectivity index is 2.17. The number of aliphatic hydroxyl groups excluding tert-OH is 2. The minimum Gasteiger partial charge on any atom is -0.459 e. The minimum atomic E-state index is -1.84. The van der Waals surface area contributed by atoms with E-state index in [1.54, 1.807) is 55.5 Å². The molecule has 0 aromatic carbocycles. The Labute approximate surface area is 340 Å². The number of hydrogen-bond acceptors (Lipinski definition) is 15. The maximum absolute atomic E-state index is 14.3. The number of carbonyl (C=O) groups excluding carboxylic acids is 2. The van der Waals surface area contributed by atoms with Crippen LogP contribution in [0.3, 0.4) is 0 Å². The lowest BCUT2D eigenvalue weighted by Crippen LogP contribution is -2.70. The molecule has 0 aliphatic carbocycles. The van der Waals surface area contributed by atoms with Gasteiger partial charge in [-0.1, -0.05) is 27.7 Å². The van der Waals surface area contributed by atoms with Crippen LogP contribution in [0.4, 0.5) is 0 Å². The summed E-state index contributed by atoms with van der Waals surface area (Å²) >= 11 is 0. The molecule has 0 aromatic rings. The number of aliphatic hydroxyl groups is 5. The summed E-state index contributed by atoms with van der Waals surface area (Å²) in [4.78, 5) is 27.5. The monoisotopic (exact) mass is 820 g/mol. The molecule has 57 heavy (non-hydrogen) atoms. The molecule has 3 aliphatic rings. The number of amides is 1. The summed E-state index contributed by atoms with van der Waals surface area (Å²) in [5.74, 6) is -2.87. The fraction of sp³-hybridized carbons (Fsp3) is 0.951. The molecule has 3 aliphatic heterocycles. The zero-order chi connectivity index (χ0) is 43.3. The Kier molecular flexibility index (Phi) is 17.8. The van der Waals surface area contributed by atoms with E-state index in [1.165, 1.54) is 18.9 Å². The van der Waals surface area contributed by atoms with Crippen LogP contribution in [0, 0.1) is 17.8 Å².